The molecule has 1 aliphatic heterocycles. The zero-order chi connectivity index (χ0) is 16.3. The second-order valence-electron chi connectivity index (χ2n) is 6.08. The minimum atomic E-state index is -4.63. The van der Waals surface area contributed by atoms with Gasteiger partial charge in [0.2, 0.25) is 5.95 Å². The van der Waals surface area contributed by atoms with Gasteiger partial charge in [0.1, 0.15) is 0 Å². The first kappa shape index (κ1) is 14.8. The summed E-state index contributed by atoms with van der Waals surface area (Å²) in [5.74, 6) is -1.14. The van der Waals surface area contributed by atoms with Crippen LogP contribution in [0.15, 0.2) is 24.3 Å². The molecular weight excluding hydrogens is 296 g/mol. The highest BCUT2D eigenvalue weighted by Crippen LogP contribution is 2.40. The predicted molar refractivity (Wildman–Crippen MR) is 78.1 cm³/mol. The number of allylic oxidation sites excluding steroid dienone is 1. The molecule has 116 valence electrons. The molecule has 6 heteroatoms. The molecule has 0 spiro atoms. The number of anilines is 1. The molecule has 0 radical (unpaired) electrons. The average molecular weight is 310 g/mol. The van der Waals surface area contributed by atoms with Gasteiger partial charge in [-0.3, -0.25) is 0 Å². The molecule has 0 saturated carbocycles. The van der Waals surface area contributed by atoms with E-state index in [4.69, 9.17) is 0 Å². The van der Waals surface area contributed by atoms with Crippen LogP contribution in [0.4, 0.5) is 23.2 Å². The van der Waals surface area contributed by atoms with Gasteiger partial charge < -0.3 is 5.32 Å². The molecule has 0 fully saturated rings. The summed E-state index contributed by atoms with van der Waals surface area (Å²) in [5, 5.41) is 3.12. The van der Waals surface area contributed by atoms with E-state index in [2.05, 4.69) is 10.3 Å². The van der Waals surface area contributed by atoms with E-state index in [0.29, 0.717) is 17.3 Å². The van der Waals surface area contributed by atoms with E-state index in [0.717, 1.165) is 5.57 Å². The molecule has 0 aliphatic carbocycles. The fraction of sp³-hybridized carbons (Fsp3) is 0.312. The summed E-state index contributed by atoms with van der Waals surface area (Å²) < 4.78 is 52.8. The molecule has 0 amide bonds. The Bertz CT molecular complexity index is 804. The number of nitrogens with zero attached hydrogens (tertiary/aromatic N) is 1. The topological polar surface area (TPSA) is 24.9 Å². The highest BCUT2D eigenvalue weighted by molar-refractivity contribution is 5.93. The molecule has 0 bridgehead atoms. The minimum Gasteiger partial charge on any atom is -0.376 e. The second-order valence-corrected chi connectivity index (χ2v) is 6.08. The number of halogens is 4. The van der Waals surface area contributed by atoms with Crippen LogP contribution in [-0.4, -0.2) is 10.5 Å². The van der Waals surface area contributed by atoms with E-state index in [1.807, 2.05) is 26.8 Å². The second kappa shape index (κ2) is 4.44. The number of benzene rings is 1. The maximum atomic E-state index is 13.4. The van der Waals surface area contributed by atoms with Crippen LogP contribution in [-0.2, 0) is 6.18 Å². The van der Waals surface area contributed by atoms with Crippen LogP contribution in [0.2, 0.25) is 0 Å². The standard InChI is InChI=1S/C16H14F4N2/c1-8-7-15(2,3)22-13-6-12-10(4-9(8)13)11(16(18,19)20)5-14(17)21-12/h4-7,22H,1-3H3. The molecule has 0 atom stereocenters. The zero-order valence-electron chi connectivity index (χ0n) is 12.3. The molecule has 2 heterocycles. The number of alkyl halides is 3. The van der Waals surface area contributed by atoms with Crippen molar-refractivity contribution in [2.24, 2.45) is 0 Å². The summed E-state index contributed by atoms with van der Waals surface area (Å²) in [6, 6.07) is 3.34. The molecule has 3 rings (SSSR count). The van der Waals surface area contributed by atoms with Gasteiger partial charge in [-0.25, -0.2) is 4.98 Å². The lowest BCUT2D eigenvalue weighted by Crippen LogP contribution is -2.31. The van der Waals surface area contributed by atoms with Crippen LogP contribution >= 0.6 is 0 Å². The van der Waals surface area contributed by atoms with Crippen LogP contribution in [0.25, 0.3) is 16.5 Å². The van der Waals surface area contributed by atoms with Crippen molar-refractivity contribution in [3.63, 3.8) is 0 Å². The van der Waals surface area contributed by atoms with Crippen molar-refractivity contribution < 1.29 is 17.6 Å². The summed E-state index contributed by atoms with van der Waals surface area (Å²) in [5.41, 5.74) is 0.859. The van der Waals surface area contributed by atoms with Crippen LogP contribution < -0.4 is 5.32 Å². The van der Waals surface area contributed by atoms with Gasteiger partial charge in [0, 0.05) is 22.7 Å². The first-order chi connectivity index (χ1) is 10.1. The maximum absolute atomic E-state index is 13.4. The Balaban J connectivity index is 2.34. The summed E-state index contributed by atoms with van der Waals surface area (Å²) in [4.78, 5) is 3.60. The molecule has 1 aromatic heterocycles. The predicted octanol–water partition coefficient (Wildman–Crippen LogP) is 5.00. The highest BCUT2D eigenvalue weighted by atomic mass is 19.4. The molecule has 1 aliphatic rings. The van der Waals surface area contributed by atoms with Crippen LogP contribution in [0, 0.1) is 5.95 Å². The zero-order valence-corrected chi connectivity index (χ0v) is 12.3. The third kappa shape index (κ3) is 2.42. The Labute approximate surface area is 124 Å². The molecule has 22 heavy (non-hydrogen) atoms. The molecular formula is C16H14F4N2. The summed E-state index contributed by atoms with van der Waals surface area (Å²) in [7, 11) is 0. The maximum Gasteiger partial charge on any atom is 0.417 e. The van der Waals surface area contributed by atoms with Crippen molar-refractivity contribution in [1.29, 1.82) is 0 Å². The van der Waals surface area contributed by atoms with E-state index < -0.39 is 17.7 Å². The number of pyridine rings is 1. The number of rotatable bonds is 0. The van der Waals surface area contributed by atoms with Gasteiger partial charge >= 0.3 is 6.18 Å². The van der Waals surface area contributed by atoms with Crippen molar-refractivity contribution in [1.82, 2.24) is 4.98 Å². The van der Waals surface area contributed by atoms with E-state index in [9.17, 15) is 17.6 Å². The van der Waals surface area contributed by atoms with Gasteiger partial charge in [0.05, 0.1) is 16.6 Å². The van der Waals surface area contributed by atoms with Gasteiger partial charge in [-0.1, -0.05) is 6.08 Å². The smallest absolute Gasteiger partial charge is 0.376 e. The van der Waals surface area contributed by atoms with Crippen molar-refractivity contribution in [2.45, 2.75) is 32.5 Å². The minimum absolute atomic E-state index is 0.0101. The highest BCUT2D eigenvalue weighted by Gasteiger charge is 2.34. The van der Waals surface area contributed by atoms with Gasteiger partial charge in [-0.15, -0.1) is 0 Å². The SMILES string of the molecule is CC1=CC(C)(C)Nc2cc3nc(F)cc(C(F)(F)F)c3cc21. The van der Waals surface area contributed by atoms with E-state index >= 15 is 0 Å². The lowest BCUT2D eigenvalue weighted by atomic mass is 9.90. The number of aromatic nitrogens is 1. The summed E-state index contributed by atoms with van der Waals surface area (Å²) in [6.07, 6.45) is -2.68. The first-order valence-corrected chi connectivity index (χ1v) is 6.76. The number of hydrogen-bond donors (Lipinski definition) is 1. The van der Waals surface area contributed by atoms with E-state index in [-0.39, 0.29) is 16.4 Å². The van der Waals surface area contributed by atoms with E-state index in [1.54, 1.807) is 0 Å². The number of hydrogen-bond acceptors (Lipinski definition) is 2. The van der Waals surface area contributed by atoms with Gasteiger partial charge in [0.25, 0.3) is 0 Å². The quantitative estimate of drug-likeness (QED) is 0.547. The van der Waals surface area contributed by atoms with Crippen LogP contribution in [0.3, 0.4) is 0 Å². The molecule has 0 unspecified atom stereocenters. The Morgan fingerprint density at radius 2 is 1.82 bits per heavy atom. The van der Waals surface area contributed by atoms with Crippen molar-refractivity contribution in [3.8, 4) is 0 Å². The molecule has 1 N–H and O–H groups in total. The Kier molecular flexibility index (Phi) is 2.99. The molecule has 1 aromatic carbocycles. The van der Waals surface area contributed by atoms with E-state index in [1.165, 1.54) is 12.1 Å². The third-order valence-electron chi connectivity index (χ3n) is 3.68. The fourth-order valence-corrected chi connectivity index (χ4v) is 2.91. The lowest BCUT2D eigenvalue weighted by molar-refractivity contribution is -0.136. The largest absolute Gasteiger partial charge is 0.417 e. The summed E-state index contributed by atoms with van der Waals surface area (Å²) in [6.45, 7) is 5.74. The monoisotopic (exact) mass is 310 g/mol. The number of nitrogens with one attached hydrogen (secondary N) is 1. The normalized spacial score (nSPS) is 17.0. The Morgan fingerprint density at radius 1 is 1.14 bits per heavy atom. The Hall–Kier alpha value is -2.11. The number of fused-ring (bicyclic) bond motifs is 2. The fourth-order valence-electron chi connectivity index (χ4n) is 2.91. The van der Waals surface area contributed by atoms with Crippen molar-refractivity contribution in [2.75, 3.05) is 5.32 Å². The van der Waals surface area contributed by atoms with Gasteiger partial charge in [-0.05, 0) is 38.5 Å². The molecule has 2 aromatic rings. The van der Waals surface area contributed by atoms with Crippen molar-refractivity contribution >= 4 is 22.2 Å². The Morgan fingerprint density at radius 3 is 2.45 bits per heavy atom. The average Bonchev–Trinajstić information content (AvgIpc) is 2.33. The molecule has 2 nitrogen and oxygen atoms in total. The summed E-state index contributed by atoms with van der Waals surface area (Å²) >= 11 is 0. The van der Waals surface area contributed by atoms with Gasteiger partial charge in [-0.2, -0.15) is 17.6 Å². The van der Waals surface area contributed by atoms with Crippen molar-refractivity contribution in [3.05, 3.63) is 41.3 Å². The lowest BCUT2D eigenvalue weighted by Gasteiger charge is -2.31. The third-order valence-corrected chi connectivity index (χ3v) is 3.68. The first-order valence-electron chi connectivity index (χ1n) is 6.76. The van der Waals surface area contributed by atoms with Crippen LogP contribution in [0.1, 0.15) is 31.9 Å². The molecule has 0 saturated heterocycles. The van der Waals surface area contributed by atoms with Gasteiger partial charge in [0.15, 0.2) is 0 Å². The van der Waals surface area contributed by atoms with Crippen LogP contribution in [0.5, 0.6) is 0 Å².